The molecule has 0 fully saturated rings. The summed E-state index contributed by atoms with van der Waals surface area (Å²) in [5.41, 5.74) is 4.90. The predicted octanol–water partition coefficient (Wildman–Crippen LogP) is 6.24. The quantitative estimate of drug-likeness (QED) is 0.468. The van der Waals surface area contributed by atoms with E-state index < -0.39 is 0 Å². The van der Waals surface area contributed by atoms with Crippen molar-refractivity contribution in [3.05, 3.63) is 87.4 Å². The third-order valence-corrected chi connectivity index (χ3v) is 4.90. The molecule has 1 amide bonds. The van der Waals surface area contributed by atoms with E-state index in [-0.39, 0.29) is 12.5 Å². The molecule has 0 saturated carbocycles. The first-order chi connectivity index (χ1) is 13.9. The smallest absolute Gasteiger partial charge is 0.262 e. The van der Waals surface area contributed by atoms with Gasteiger partial charge >= 0.3 is 0 Å². The van der Waals surface area contributed by atoms with Gasteiger partial charge in [0.15, 0.2) is 6.61 Å². The van der Waals surface area contributed by atoms with Crippen LogP contribution in [0.3, 0.4) is 0 Å². The number of nitrogens with one attached hydrogen (secondary N) is 2. The Morgan fingerprint density at radius 2 is 1.72 bits per heavy atom. The maximum absolute atomic E-state index is 12.2. The lowest BCUT2D eigenvalue weighted by molar-refractivity contribution is -0.118. The van der Waals surface area contributed by atoms with E-state index in [1.807, 2.05) is 68.4 Å². The van der Waals surface area contributed by atoms with Gasteiger partial charge in [0.1, 0.15) is 5.75 Å². The maximum Gasteiger partial charge on any atom is 0.262 e. The van der Waals surface area contributed by atoms with E-state index in [0.29, 0.717) is 22.3 Å². The third kappa shape index (κ3) is 6.14. The van der Waals surface area contributed by atoms with Gasteiger partial charge in [-0.2, -0.15) is 0 Å². The van der Waals surface area contributed by atoms with Gasteiger partial charge in [-0.3, -0.25) is 4.79 Å². The monoisotopic (exact) mass is 428 g/mol. The summed E-state index contributed by atoms with van der Waals surface area (Å²) in [6.07, 6.45) is 0. The molecule has 0 aromatic heterocycles. The highest BCUT2D eigenvalue weighted by Crippen LogP contribution is 2.26. The molecule has 3 rings (SSSR count). The van der Waals surface area contributed by atoms with Gasteiger partial charge in [-0.15, -0.1) is 0 Å². The van der Waals surface area contributed by atoms with Crippen molar-refractivity contribution in [2.24, 2.45) is 0 Å². The first-order valence-corrected chi connectivity index (χ1v) is 9.94. The number of halogens is 2. The van der Waals surface area contributed by atoms with Gasteiger partial charge in [0.05, 0.1) is 5.02 Å². The van der Waals surface area contributed by atoms with E-state index in [1.54, 1.807) is 6.07 Å². The summed E-state index contributed by atoms with van der Waals surface area (Å²) in [7, 11) is 0. The maximum atomic E-state index is 12.2. The molecule has 0 heterocycles. The molecule has 0 aliphatic carbocycles. The lowest BCUT2D eigenvalue weighted by atomic mass is 10.1. The SMILES string of the molecule is Cc1ccc(NC(=O)COc2ccc(CNc3ccc(Cl)cc3)cc2Cl)c(C)c1. The number of carbonyl (C=O) groups is 1. The summed E-state index contributed by atoms with van der Waals surface area (Å²) >= 11 is 12.2. The van der Waals surface area contributed by atoms with E-state index in [4.69, 9.17) is 27.9 Å². The van der Waals surface area contributed by atoms with Gasteiger partial charge in [-0.25, -0.2) is 0 Å². The largest absolute Gasteiger partial charge is 0.482 e. The van der Waals surface area contributed by atoms with Crippen LogP contribution in [-0.4, -0.2) is 12.5 Å². The lowest BCUT2D eigenvalue weighted by Gasteiger charge is -2.12. The molecule has 2 N–H and O–H groups in total. The number of hydrogen-bond acceptors (Lipinski definition) is 3. The summed E-state index contributed by atoms with van der Waals surface area (Å²) in [4.78, 5) is 12.2. The highest BCUT2D eigenvalue weighted by atomic mass is 35.5. The van der Waals surface area contributed by atoms with Gasteiger partial charge in [0, 0.05) is 22.9 Å². The van der Waals surface area contributed by atoms with Crippen molar-refractivity contribution < 1.29 is 9.53 Å². The molecule has 29 heavy (non-hydrogen) atoms. The summed E-state index contributed by atoms with van der Waals surface area (Å²) in [6, 6.07) is 18.8. The van der Waals surface area contributed by atoms with Gasteiger partial charge in [-0.05, 0) is 67.4 Å². The Kier molecular flexibility index (Phi) is 7.02. The topological polar surface area (TPSA) is 50.4 Å². The van der Waals surface area contributed by atoms with Crippen LogP contribution in [0.4, 0.5) is 11.4 Å². The molecule has 0 unspecified atom stereocenters. The van der Waals surface area contributed by atoms with Crippen LogP contribution in [0.15, 0.2) is 60.7 Å². The lowest BCUT2D eigenvalue weighted by Crippen LogP contribution is -2.20. The van der Waals surface area contributed by atoms with E-state index >= 15 is 0 Å². The molecule has 0 atom stereocenters. The molecule has 0 aliphatic rings. The predicted molar refractivity (Wildman–Crippen MR) is 120 cm³/mol. The van der Waals surface area contributed by atoms with Crippen LogP contribution >= 0.6 is 23.2 Å². The van der Waals surface area contributed by atoms with Crippen molar-refractivity contribution in [1.82, 2.24) is 0 Å². The molecule has 0 spiro atoms. The first kappa shape index (κ1) is 21.0. The number of ether oxygens (including phenoxy) is 1. The number of rotatable bonds is 7. The molecule has 150 valence electrons. The van der Waals surface area contributed by atoms with Crippen LogP contribution in [0, 0.1) is 13.8 Å². The minimum absolute atomic E-state index is 0.116. The normalized spacial score (nSPS) is 10.5. The Bertz CT molecular complexity index is 1000. The van der Waals surface area contributed by atoms with Gasteiger partial charge in [-0.1, -0.05) is 47.0 Å². The fraction of sp³-hybridized carbons (Fsp3) is 0.174. The first-order valence-electron chi connectivity index (χ1n) is 9.18. The van der Waals surface area contributed by atoms with Gasteiger partial charge in [0.25, 0.3) is 5.91 Å². The summed E-state index contributed by atoms with van der Waals surface area (Å²) < 4.78 is 5.59. The highest BCUT2D eigenvalue weighted by molar-refractivity contribution is 6.32. The van der Waals surface area contributed by atoms with Crippen molar-refractivity contribution in [2.75, 3.05) is 17.2 Å². The zero-order chi connectivity index (χ0) is 20.8. The van der Waals surface area contributed by atoms with Crippen molar-refractivity contribution >= 4 is 40.5 Å². The van der Waals surface area contributed by atoms with Crippen LogP contribution in [0.1, 0.15) is 16.7 Å². The van der Waals surface area contributed by atoms with Crippen LogP contribution in [0.5, 0.6) is 5.75 Å². The molecule has 6 heteroatoms. The average Bonchev–Trinajstić information content (AvgIpc) is 2.69. The number of benzene rings is 3. The molecule has 0 aliphatic heterocycles. The van der Waals surface area contributed by atoms with Crippen molar-refractivity contribution in [1.29, 1.82) is 0 Å². The van der Waals surface area contributed by atoms with Crippen molar-refractivity contribution in [2.45, 2.75) is 20.4 Å². The summed E-state index contributed by atoms with van der Waals surface area (Å²) in [5, 5.41) is 7.31. The Morgan fingerprint density at radius 1 is 0.966 bits per heavy atom. The average molecular weight is 429 g/mol. The molecule has 0 radical (unpaired) electrons. The second-order valence-electron chi connectivity index (χ2n) is 6.78. The summed E-state index contributed by atoms with van der Waals surface area (Å²) in [6.45, 7) is 4.46. The Hall–Kier alpha value is -2.69. The number of anilines is 2. The van der Waals surface area contributed by atoms with Crippen LogP contribution in [0.2, 0.25) is 10.0 Å². The second kappa shape index (κ2) is 9.68. The Morgan fingerprint density at radius 3 is 2.41 bits per heavy atom. The van der Waals surface area contributed by atoms with E-state index in [2.05, 4.69) is 10.6 Å². The highest BCUT2D eigenvalue weighted by Gasteiger charge is 2.09. The van der Waals surface area contributed by atoms with Crippen molar-refractivity contribution in [3.63, 3.8) is 0 Å². The van der Waals surface area contributed by atoms with Crippen LogP contribution < -0.4 is 15.4 Å². The molecule has 4 nitrogen and oxygen atoms in total. The van der Waals surface area contributed by atoms with Crippen LogP contribution in [-0.2, 0) is 11.3 Å². The van der Waals surface area contributed by atoms with Crippen LogP contribution in [0.25, 0.3) is 0 Å². The fourth-order valence-corrected chi connectivity index (χ4v) is 3.21. The number of carbonyl (C=O) groups excluding carboxylic acids is 1. The Labute approximate surface area is 180 Å². The number of amides is 1. The molecule has 3 aromatic carbocycles. The van der Waals surface area contributed by atoms with Gasteiger partial charge < -0.3 is 15.4 Å². The molecular weight excluding hydrogens is 407 g/mol. The fourth-order valence-electron chi connectivity index (χ4n) is 2.83. The standard InChI is InChI=1S/C23H22Cl2N2O2/c1-15-3-9-21(16(2)11-15)27-23(28)14-29-22-10-4-17(12-20(22)25)13-26-19-7-5-18(24)6-8-19/h3-12,26H,13-14H2,1-2H3,(H,27,28). The minimum atomic E-state index is -0.235. The van der Waals surface area contributed by atoms with E-state index in [1.165, 1.54) is 0 Å². The summed E-state index contributed by atoms with van der Waals surface area (Å²) in [5.74, 6) is 0.235. The second-order valence-corrected chi connectivity index (χ2v) is 7.62. The number of hydrogen-bond donors (Lipinski definition) is 2. The molecule has 0 saturated heterocycles. The molecule has 3 aromatic rings. The van der Waals surface area contributed by atoms with Gasteiger partial charge in [0.2, 0.25) is 0 Å². The zero-order valence-corrected chi connectivity index (χ0v) is 17.8. The molecule has 0 bridgehead atoms. The minimum Gasteiger partial charge on any atom is -0.482 e. The Balaban J connectivity index is 1.53. The van der Waals surface area contributed by atoms with E-state index in [0.717, 1.165) is 28.1 Å². The van der Waals surface area contributed by atoms with E-state index in [9.17, 15) is 4.79 Å². The van der Waals surface area contributed by atoms with Crippen molar-refractivity contribution in [3.8, 4) is 5.75 Å². The number of aryl methyl sites for hydroxylation is 2. The zero-order valence-electron chi connectivity index (χ0n) is 16.3. The molecular formula is C23H22Cl2N2O2. The third-order valence-electron chi connectivity index (χ3n) is 4.35.